The van der Waals surface area contributed by atoms with Gasteiger partial charge in [0.2, 0.25) is 0 Å². The van der Waals surface area contributed by atoms with Crippen LogP contribution in [0.5, 0.6) is 0 Å². The second-order valence-electron chi connectivity index (χ2n) is 7.03. The van der Waals surface area contributed by atoms with Gasteiger partial charge in [0.1, 0.15) is 0 Å². The molecule has 21 heavy (non-hydrogen) atoms. The lowest BCUT2D eigenvalue weighted by molar-refractivity contribution is 0.0925. The van der Waals surface area contributed by atoms with Gasteiger partial charge in [-0.15, -0.1) is 0 Å². The molecule has 0 amide bonds. The van der Waals surface area contributed by atoms with Gasteiger partial charge in [0, 0.05) is 24.6 Å². The molecule has 0 bridgehead atoms. The van der Waals surface area contributed by atoms with E-state index in [9.17, 15) is 4.79 Å². The largest absolute Gasteiger partial charge is 0.303 e. The number of ketones is 1. The molecular formula is C18H26ClNO. The molecule has 0 spiro atoms. The summed E-state index contributed by atoms with van der Waals surface area (Å²) in [6.07, 6.45) is 5.58. The van der Waals surface area contributed by atoms with Crippen molar-refractivity contribution in [2.45, 2.75) is 52.0 Å². The average molecular weight is 308 g/mol. The second-order valence-corrected chi connectivity index (χ2v) is 7.44. The molecule has 1 aromatic rings. The Balaban J connectivity index is 1.83. The van der Waals surface area contributed by atoms with Crippen molar-refractivity contribution in [2.75, 3.05) is 13.6 Å². The molecule has 0 heterocycles. The first-order valence-corrected chi connectivity index (χ1v) is 8.25. The summed E-state index contributed by atoms with van der Waals surface area (Å²) in [6, 6.07) is 7.94. The predicted octanol–water partition coefficient (Wildman–Crippen LogP) is 4.81. The van der Waals surface area contributed by atoms with Gasteiger partial charge >= 0.3 is 0 Å². The molecule has 0 saturated heterocycles. The van der Waals surface area contributed by atoms with Crippen LogP contribution in [0.1, 0.15) is 56.3 Å². The van der Waals surface area contributed by atoms with Crippen LogP contribution in [0, 0.1) is 5.41 Å². The number of nitrogens with zero attached hydrogens (tertiary/aromatic N) is 1. The molecule has 2 nitrogen and oxygen atoms in total. The van der Waals surface area contributed by atoms with E-state index in [2.05, 4.69) is 25.8 Å². The minimum Gasteiger partial charge on any atom is -0.303 e. The summed E-state index contributed by atoms with van der Waals surface area (Å²) in [6.45, 7) is 5.52. The Bertz CT molecular complexity index is 488. The molecule has 1 aliphatic rings. The van der Waals surface area contributed by atoms with Crippen LogP contribution >= 0.6 is 11.6 Å². The van der Waals surface area contributed by atoms with Gasteiger partial charge in [-0.25, -0.2) is 0 Å². The minimum atomic E-state index is 0.142. The average Bonchev–Trinajstić information content (AvgIpc) is 2.45. The number of rotatable bonds is 5. The third-order valence-electron chi connectivity index (χ3n) is 4.80. The normalized spacial score (nSPS) is 18.9. The lowest BCUT2D eigenvalue weighted by Gasteiger charge is -2.38. The number of halogens is 1. The third-order valence-corrected chi connectivity index (χ3v) is 5.13. The highest BCUT2D eigenvalue weighted by Gasteiger charge is 2.28. The van der Waals surface area contributed by atoms with Crippen molar-refractivity contribution < 1.29 is 4.79 Å². The molecule has 0 aliphatic heterocycles. The quantitative estimate of drug-likeness (QED) is 0.727. The summed E-state index contributed by atoms with van der Waals surface area (Å²) in [5.74, 6) is 0.142. The number of hydrogen-bond donors (Lipinski definition) is 0. The zero-order chi connectivity index (χ0) is 15.5. The van der Waals surface area contributed by atoms with Crippen LogP contribution in [0.3, 0.4) is 0 Å². The summed E-state index contributed by atoms with van der Waals surface area (Å²) in [7, 11) is 2.14. The molecule has 1 aliphatic carbocycles. The van der Waals surface area contributed by atoms with Crippen molar-refractivity contribution in [3.8, 4) is 0 Å². The third kappa shape index (κ3) is 4.55. The van der Waals surface area contributed by atoms with Gasteiger partial charge in [-0.2, -0.15) is 0 Å². The van der Waals surface area contributed by atoms with Crippen molar-refractivity contribution in [2.24, 2.45) is 5.41 Å². The van der Waals surface area contributed by atoms with Crippen LogP contribution < -0.4 is 0 Å². The SMILES string of the molecule is CN(CCC(=O)c1ccccc1Cl)C1CCC(C)(C)CC1. The van der Waals surface area contributed by atoms with Crippen LogP contribution in [-0.2, 0) is 0 Å². The Labute approximate surface area is 133 Å². The van der Waals surface area contributed by atoms with E-state index < -0.39 is 0 Å². The number of hydrogen-bond acceptors (Lipinski definition) is 2. The van der Waals surface area contributed by atoms with Gasteiger partial charge in [0.05, 0.1) is 5.02 Å². The molecule has 0 atom stereocenters. The Kier molecular flexibility index (Phi) is 5.45. The maximum atomic E-state index is 12.2. The van der Waals surface area contributed by atoms with Gasteiger partial charge in [0.15, 0.2) is 5.78 Å². The molecule has 116 valence electrons. The minimum absolute atomic E-state index is 0.142. The Morgan fingerprint density at radius 3 is 2.52 bits per heavy atom. The molecule has 3 heteroatoms. The second kappa shape index (κ2) is 6.93. The van der Waals surface area contributed by atoms with Crippen LogP contribution in [-0.4, -0.2) is 30.3 Å². The van der Waals surface area contributed by atoms with Crippen LogP contribution in [0.15, 0.2) is 24.3 Å². The fourth-order valence-electron chi connectivity index (χ4n) is 3.11. The van der Waals surface area contributed by atoms with E-state index in [1.165, 1.54) is 25.7 Å². The van der Waals surface area contributed by atoms with E-state index in [1.807, 2.05) is 18.2 Å². The van der Waals surface area contributed by atoms with Gasteiger partial charge < -0.3 is 4.90 Å². The van der Waals surface area contributed by atoms with Gasteiger partial charge in [-0.3, -0.25) is 4.79 Å². The number of benzene rings is 1. The lowest BCUT2D eigenvalue weighted by Crippen LogP contribution is -2.38. The molecule has 1 aromatic carbocycles. The summed E-state index contributed by atoms with van der Waals surface area (Å²) in [5.41, 5.74) is 1.14. The number of Topliss-reactive ketones (excluding diaryl/α,β-unsaturated/α-hetero) is 1. The fourth-order valence-corrected chi connectivity index (χ4v) is 3.35. The highest BCUT2D eigenvalue weighted by Crippen LogP contribution is 2.36. The summed E-state index contributed by atoms with van der Waals surface area (Å²) >= 11 is 6.08. The molecule has 2 rings (SSSR count). The van der Waals surface area contributed by atoms with Gasteiger partial charge in [0.25, 0.3) is 0 Å². The standard InChI is InChI=1S/C18H26ClNO/c1-18(2)11-8-14(9-12-18)20(3)13-10-17(21)15-6-4-5-7-16(15)19/h4-7,14H,8-13H2,1-3H3. The van der Waals surface area contributed by atoms with Crippen molar-refractivity contribution in [3.63, 3.8) is 0 Å². The van der Waals surface area contributed by atoms with E-state index >= 15 is 0 Å². The van der Waals surface area contributed by atoms with Gasteiger partial charge in [-0.05, 0) is 50.3 Å². The van der Waals surface area contributed by atoms with Crippen LogP contribution in [0.2, 0.25) is 5.02 Å². The molecule has 0 aromatic heterocycles. The number of carbonyl (C=O) groups excluding carboxylic acids is 1. The van der Waals surface area contributed by atoms with Gasteiger partial charge in [-0.1, -0.05) is 37.6 Å². The monoisotopic (exact) mass is 307 g/mol. The first kappa shape index (κ1) is 16.5. The van der Waals surface area contributed by atoms with Crippen LogP contribution in [0.4, 0.5) is 0 Å². The van der Waals surface area contributed by atoms with E-state index in [0.29, 0.717) is 28.5 Å². The van der Waals surface area contributed by atoms with E-state index in [-0.39, 0.29) is 5.78 Å². The maximum Gasteiger partial charge on any atom is 0.165 e. The summed E-state index contributed by atoms with van der Waals surface area (Å²) < 4.78 is 0. The zero-order valence-electron chi connectivity index (χ0n) is 13.4. The van der Waals surface area contributed by atoms with E-state index in [4.69, 9.17) is 11.6 Å². The predicted molar refractivity (Wildman–Crippen MR) is 89.1 cm³/mol. The Morgan fingerprint density at radius 1 is 1.29 bits per heavy atom. The van der Waals surface area contributed by atoms with Crippen molar-refractivity contribution >= 4 is 17.4 Å². The first-order chi connectivity index (χ1) is 9.89. The maximum absolute atomic E-state index is 12.2. The molecule has 0 N–H and O–H groups in total. The molecule has 1 saturated carbocycles. The van der Waals surface area contributed by atoms with Crippen molar-refractivity contribution in [1.29, 1.82) is 0 Å². The van der Waals surface area contributed by atoms with E-state index in [1.54, 1.807) is 6.07 Å². The summed E-state index contributed by atoms with van der Waals surface area (Å²) in [4.78, 5) is 14.6. The number of carbonyl (C=O) groups is 1. The zero-order valence-corrected chi connectivity index (χ0v) is 14.1. The Hall–Kier alpha value is -0.860. The smallest absolute Gasteiger partial charge is 0.165 e. The first-order valence-electron chi connectivity index (χ1n) is 7.87. The lowest BCUT2D eigenvalue weighted by atomic mass is 9.75. The molecular weight excluding hydrogens is 282 g/mol. The van der Waals surface area contributed by atoms with Crippen molar-refractivity contribution in [1.82, 2.24) is 4.90 Å². The van der Waals surface area contributed by atoms with Crippen LogP contribution in [0.25, 0.3) is 0 Å². The topological polar surface area (TPSA) is 20.3 Å². The Morgan fingerprint density at radius 2 is 1.90 bits per heavy atom. The highest BCUT2D eigenvalue weighted by molar-refractivity contribution is 6.33. The molecule has 1 fully saturated rings. The highest BCUT2D eigenvalue weighted by atomic mass is 35.5. The van der Waals surface area contributed by atoms with Crippen molar-refractivity contribution in [3.05, 3.63) is 34.9 Å². The fraction of sp³-hybridized carbons (Fsp3) is 0.611. The van der Waals surface area contributed by atoms with E-state index in [0.717, 1.165) is 6.54 Å². The summed E-state index contributed by atoms with van der Waals surface area (Å²) in [5, 5.41) is 0.560. The molecule has 0 unspecified atom stereocenters. The molecule has 0 radical (unpaired) electrons.